The summed E-state index contributed by atoms with van der Waals surface area (Å²) in [6, 6.07) is 12.1. The van der Waals surface area contributed by atoms with Gasteiger partial charge in [0.05, 0.1) is 10.4 Å². The van der Waals surface area contributed by atoms with Crippen LogP contribution in [0.5, 0.6) is 0 Å². The normalized spacial score (nSPS) is 17.9. The Balaban J connectivity index is 1.41. The van der Waals surface area contributed by atoms with Crippen molar-refractivity contribution in [1.29, 1.82) is 0 Å². The maximum absolute atomic E-state index is 12.8. The first kappa shape index (κ1) is 19.6. The SMILES string of the molecule is O=C(c1cccs1)N1CCCN(c2nc(N3CCSCC3)c3ccccc3n2)CC1. The Morgan fingerprint density at radius 3 is 2.57 bits per heavy atom. The van der Waals surface area contributed by atoms with Crippen molar-refractivity contribution in [2.45, 2.75) is 6.42 Å². The number of aromatic nitrogens is 2. The zero-order valence-corrected chi connectivity index (χ0v) is 18.5. The van der Waals surface area contributed by atoms with Crippen LogP contribution in [0.1, 0.15) is 16.1 Å². The van der Waals surface area contributed by atoms with Gasteiger partial charge in [-0.1, -0.05) is 18.2 Å². The molecule has 2 aliphatic heterocycles. The van der Waals surface area contributed by atoms with E-state index in [0.29, 0.717) is 6.54 Å². The standard InChI is InChI=1S/C22H25N5OS2/c28-21(19-7-3-14-30-19)26-8-4-9-27(11-10-26)22-23-18-6-2-1-5-17(18)20(24-22)25-12-15-29-16-13-25/h1-3,5-7,14H,4,8-13,15-16H2. The average Bonchev–Trinajstić information content (AvgIpc) is 3.23. The Morgan fingerprint density at radius 1 is 0.867 bits per heavy atom. The fourth-order valence-corrected chi connectivity index (χ4v) is 5.68. The summed E-state index contributed by atoms with van der Waals surface area (Å²) in [5.41, 5.74) is 0.992. The number of anilines is 2. The summed E-state index contributed by atoms with van der Waals surface area (Å²) in [5.74, 6) is 4.24. The second-order valence-corrected chi connectivity index (χ2v) is 9.75. The molecule has 0 atom stereocenters. The van der Waals surface area contributed by atoms with Gasteiger partial charge in [0.2, 0.25) is 5.95 Å². The Hall–Kier alpha value is -2.32. The van der Waals surface area contributed by atoms with Gasteiger partial charge < -0.3 is 14.7 Å². The van der Waals surface area contributed by atoms with Gasteiger partial charge in [0.15, 0.2) is 0 Å². The Labute approximate surface area is 184 Å². The summed E-state index contributed by atoms with van der Waals surface area (Å²) >= 11 is 3.51. The molecule has 0 N–H and O–H groups in total. The molecular formula is C22H25N5OS2. The minimum absolute atomic E-state index is 0.137. The van der Waals surface area contributed by atoms with Gasteiger partial charge in [-0.3, -0.25) is 4.79 Å². The molecule has 1 amide bonds. The van der Waals surface area contributed by atoms with Crippen LogP contribution in [0.25, 0.3) is 10.9 Å². The molecule has 5 rings (SSSR count). The van der Waals surface area contributed by atoms with Gasteiger partial charge in [-0.25, -0.2) is 4.98 Å². The molecule has 2 fully saturated rings. The minimum atomic E-state index is 0.137. The van der Waals surface area contributed by atoms with Gasteiger partial charge in [0.1, 0.15) is 5.82 Å². The van der Waals surface area contributed by atoms with Crippen LogP contribution in [0.4, 0.5) is 11.8 Å². The van der Waals surface area contributed by atoms with Crippen LogP contribution in [0.3, 0.4) is 0 Å². The smallest absolute Gasteiger partial charge is 0.263 e. The number of para-hydroxylation sites is 1. The highest BCUT2D eigenvalue weighted by Crippen LogP contribution is 2.29. The first-order valence-electron chi connectivity index (χ1n) is 10.5. The van der Waals surface area contributed by atoms with Crippen molar-refractivity contribution in [2.24, 2.45) is 0 Å². The van der Waals surface area contributed by atoms with E-state index in [2.05, 4.69) is 28.0 Å². The van der Waals surface area contributed by atoms with Gasteiger partial charge in [-0.15, -0.1) is 11.3 Å². The van der Waals surface area contributed by atoms with Crippen molar-refractivity contribution >= 4 is 51.7 Å². The van der Waals surface area contributed by atoms with Crippen LogP contribution in [-0.2, 0) is 0 Å². The molecule has 156 valence electrons. The third kappa shape index (κ3) is 3.98. The zero-order chi connectivity index (χ0) is 20.3. The molecule has 6 nitrogen and oxygen atoms in total. The Morgan fingerprint density at radius 2 is 1.73 bits per heavy atom. The number of thioether (sulfide) groups is 1. The van der Waals surface area contributed by atoms with Crippen molar-refractivity contribution in [2.75, 3.05) is 60.6 Å². The lowest BCUT2D eigenvalue weighted by atomic mass is 10.2. The Bertz CT molecular complexity index is 1020. The van der Waals surface area contributed by atoms with Crippen molar-refractivity contribution in [3.8, 4) is 0 Å². The predicted octanol–water partition coefficient (Wildman–Crippen LogP) is 3.60. The molecule has 30 heavy (non-hydrogen) atoms. The van der Waals surface area contributed by atoms with Crippen molar-refractivity contribution in [1.82, 2.24) is 14.9 Å². The van der Waals surface area contributed by atoms with Gasteiger partial charge in [0.25, 0.3) is 5.91 Å². The first-order chi connectivity index (χ1) is 14.8. The van der Waals surface area contributed by atoms with Crippen molar-refractivity contribution in [3.05, 3.63) is 46.7 Å². The lowest BCUT2D eigenvalue weighted by Crippen LogP contribution is -2.36. The van der Waals surface area contributed by atoms with Gasteiger partial charge in [-0.05, 0) is 30.0 Å². The van der Waals surface area contributed by atoms with Gasteiger partial charge >= 0.3 is 0 Å². The Kier molecular flexibility index (Phi) is 5.77. The maximum Gasteiger partial charge on any atom is 0.263 e. The van der Waals surface area contributed by atoms with E-state index in [1.807, 2.05) is 40.2 Å². The molecule has 0 saturated carbocycles. The van der Waals surface area contributed by atoms with E-state index in [1.54, 1.807) is 0 Å². The average molecular weight is 440 g/mol. The van der Waals surface area contributed by atoms with Crippen LogP contribution < -0.4 is 9.80 Å². The third-order valence-corrected chi connectivity index (χ3v) is 7.48. The van der Waals surface area contributed by atoms with E-state index in [9.17, 15) is 4.79 Å². The number of fused-ring (bicyclic) bond motifs is 1. The molecule has 1 aromatic carbocycles. The molecule has 2 aromatic heterocycles. The highest BCUT2D eigenvalue weighted by atomic mass is 32.2. The molecule has 0 radical (unpaired) electrons. The molecule has 0 unspecified atom stereocenters. The quantitative estimate of drug-likeness (QED) is 0.622. The first-order valence-corrected chi connectivity index (χ1v) is 12.5. The van der Waals surface area contributed by atoms with Crippen LogP contribution in [0.2, 0.25) is 0 Å². The number of nitrogens with zero attached hydrogens (tertiary/aromatic N) is 5. The van der Waals surface area contributed by atoms with Crippen LogP contribution in [-0.4, -0.2) is 71.5 Å². The van der Waals surface area contributed by atoms with Crippen LogP contribution in [0, 0.1) is 0 Å². The van der Waals surface area contributed by atoms with Crippen LogP contribution >= 0.6 is 23.1 Å². The summed E-state index contributed by atoms with van der Waals surface area (Å²) in [6.07, 6.45) is 0.920. The van der Waals surface area contributed by atoms with E-state index < -0.39 is 0 Å². The number of hydrogen-bond acceptors (Lipinski definition) is 7. The lowest BCUT2D eigenvalue weighted by Gasteiger charge is -2.30. The topological polar surface area (TPSA) is 52.6 Å². The van der Waals surface area contributed by atoms with Gasteiger partial charge in [-0.2, -0.15) is 16.7 Å². The molecule has 2 aliphatic rings. The summed E-state index contributed by atoms with van der Waals surface area (Å²) in [6.45, 7) is 5.13. The molecule has 0 bridgehead atoms. The molecule has 2 saturated heterocycles. The molecular weight excluding hydrogens is 414 g/mol. The predicted molar refractivity (Wildman–Crippen MR) is 126 cm³/mol. The highest BCUT2D eigenvalue weighted by Gasteiger charge is 2.24. The summed E-state index contributed by atoms with van der Waals surface area (Å²) < 4.78 is 0. The second kappa shape index (κ2) is 8.81. The number of amides is 1. The van der Waals surface area contributed by atoms with Crippen molar-refractivity contribution in [3.63, 3.8) is 0 Å². The summed E-state index contributed by atoms with van der Waals surface area (Å²) in [7, 11) is 0. The van der Waals surface area contributed by atoms with E-state index >= 15 is 0 Å². The number of rotatable bonds is 3. The molecule has 0 spiro atoms. The van der Waals surface area contributed by atoms with Crippen LogP contribution in [0.15, 0.2) is 41.8 Å². The van der Waals surface area contributed by atoms with E-state index in [1.165, 1.54) is 11.3 Å². The lowest BCUT2D eigenvalue weighted by molar-refractivity contribution is 0.0772. The molecule has 4 heterocycles. The minimum Gasteiger partial charge on any atom is -0.354 e. The molecule has 8 heteroatoms. The third-order valence-electron chi connectivity index (χ3n) is 5.68. The van der Waals surface area contributed by atoms with E-state index in [-0.39, 0.29) is 5.91 Å². The van der Waals surface area contributed by atoms with E-state index in [0.717, 1.165) is 78.2 Å². The molecule has 0 aliphatic carbocycles. The summed E-state index contributed by atoms with van der Waals surface area (Å²) in [4.78, 5) is 30.1. The zero-order valence-electron chi connectivity index (χ0n) is 16.9. The largest absolute Gasteiger partial charge is 0.354 e. The number of carbonyl (C=O) groups is 1. The maximum atomic E-state index is 12.8. The fraction of sp³-hybridized carbons (Fsp3) is 0.409. The molecule has 3 aromatic rings. The number of hydrogen-bond donors (Lipinski definition) is 0. The van der Waals surface area contributed by atoms with Crippen molar-refractivity contribution < 1.29 is 4.79 Å². The van der Waals surface area contributed by atoms with Gasteiger partial charge in [0, 0.05) is 56.2 Å². The monoisotopic (exact) mass is 439 g/mol. The van der Waals surface area contributed by atoms with E-state index in [4.69, 9.17) is 9.97 Å². The number of benzene rings is 1. The summed E-state index contributed by atoms with van der Waals surface area (Å²) in [5, 5.41) is 3.08. The highest BCUT2D eigenvalue weighted by molar-refractivity contribution is 7.99. The second-order valence-electron chi connectivity index (χ2n) is 7.57. The number of thiophene rings is 1. The fourth-order valence-electron chi connectivity index (χ4n) is 4.08. The number of carbonyl (C=O) groups excluding carboxylic acids is 1.